The molecule has 2 rings (SSSR count). The van der Waals surface area contributed by atoms with Crippen LogP contribution < -0.4 is 14.4 Å². The summed E-state index contributed by atoms with van der Waals surface area (Å²) in [6.07, 6.45) is 2.70. The number of carbonyl (C=O) groups is 2. The lowest BCUT2D eigenvalue weighted by Gasteiger charge is -2.32. The van der Waals surface area contributed by atoms with Crippen LogP contribution >= 0.6 is 11.6 Å². The molecule has 210 valence electrons. The topological polar surface area (TPSA) is 96.0 Å². The first-order valence-electron chi connectivity index (χ1n) is 13.1. The Hall–Kier alpha value is -2.78. The number of sulfonamides is 1. The maximum absolute atomic E-state index is 13.5. The number of nitrogens with one attached hydrogen (secondary N) is 1. The number of hydrogen-bond acceptors (Lipinski definition) is 5. The highest BCUT2D eigenvalue weighted by Crippen LogP contribution is 2.30. The minimum Gasteiger partial charge on any atom is -0.492 e. The minimum atomic E-state index is -3.63. The third-order valence-electron chi connectivity index (χ3n) is 6.24. The van der Waals surface area contributed by atoms with Gasteiger partial charge in [-0.3, -0.25) is 13.9 Å². The average molecular weight is 566 g/mol. The van der Waals surface area contributed by atoms with Gasteiger partial charge in [-0.05, 0) is 62.9 Å². The normalized spacial score (nSPS) is 12.9. The number of amides is 2. The van der Waals surface area contributed by atoms with Crippen molar-refractivity contribution in [2.45, 2.75) is 72.0 Å². The number of hydrogen-bond donors (Lipinski definition) is 1. The zero-order valence-electron chi connectivity index (χ0n) is 22.9. The molecule has 0 aliphatic rings. The first-order chi connectivity index (χ1) is 18.0. The van der Waals surface area contributed by atoms with Crippen molar-refractivity contribution in [1.29, 1.82) is 0 Å². The predicted molar refractivity (Wildman–Crippen MR) is 153 cm³/mol. The highest BCUT2D eigenvalue weighted by molar-refractivity contribution is 7.92. The largest absolute Gasteiger partial charge is 0.492 e. The van der Waals surface area contributed by atoms with E-state index >= 15 is 0 Å². The molecule has 2 atom stereocenters. The molecule has 0 aromatic heterocycles. The second kappa shape index (κ2) is 15.0. The van der Waals surface area contributed by atoms with Crippen molar-refractivity contribution in [1.82, 2.24) is 10.2 Å². The highest BCUT2D eigenvalue weighted by atomic mass is 35.5. The molecule has 0 unspecified atom stereocenters. The van der Waals surface area contributed by atoms with Crippen molar-refractivity contribution in [3.05, 3.63) is 59.1 Å². The quantitative estimate of drug-likeness (QED) is 0.327. The summed E-state index contributed by atoms with van der Waals surface area (Å²) in [5.41, 5.74) is 1.28. The predicted octanol–water partition coefficient (Wildman–Crippen LogP) is 5.01. The van der Waals surface area contributed by atoms with Crippen molar-refractivity contribution < 1.29 is 22.7 Å². The van der Waals surface area contributed by atoms with Gasteiger partial charge in [0.2, 0.25) is 21.8 Å². The Balaban J connectivity index is 2.25. The van der Waals surface area contributed by atoms with Gasteiger partial charge in [0.15, 0.2) is 0 Å². The fourth-order valence-corrected chi connectivity index (χ4v) is 5.17. The Morgan fingerprint density at radius 2 is 1.68 bits per heavy atom. The van der Waals surface area contributed by atoms with E-state index in [0.717, 1.165) is 18.2 Å². The summed E-state index contributed by atoms with van der Waals surface area (Å²) in [4.78, 5) is 28.2. The molecule has 0 bridgehead atoms. The number of nitrogens with zero attached hydrogens (tertiary/aromatic N) is 2. The van der Waals surface area contributed by atoms with Crippen molar-refractivity contribution in [3.63, 3.8) is 0 Å². The molecule has 2 aromatic rings. The molecule has 0 radical (unpaired) electrons. The van der Waals surface area contributed by atoms with Crippen molar-refractivity contribution in [2.75, 3.05) is 23.7 Å². The van der Waals surface area contributed by atoms with Gasteiger partial charge in [0.25, 0.3) is 0 Å². The standard InChI is InChI=1S/C28H40ClN3O5S/c1-6-21(4)30-28(34)24(7-2)31(20-22-15-17-23(29)18-16-22)27(33)14-11-19-32(38(5,35)36)25-12-9-10-13-26(25)37-8-3/h9-10,12-13,15-18,21,24H,6-8,11,14,19-20H2,1-5H3,(H,30,34)/t21-,24-/m1/s1. The number of para-hydroxylation sites is 2. The lowest BCUT2D eigenvalue weighted by molar-refractivity contribution is -0.141. The van der Waals surface area contributed by atoms with E-state index < -0.39 is 16.1 Å². The van der Waals surface area contributed by atoms with Gasteiger partial charge in [0.1, 0.15) is 11.8 Å². The molecule has 0 aliphatic carbocycles. The highest BCUT2D eigenvalue weighted by Gasteiger charge is 2.29. The maximum Gasteiger partial charge on any atom is 0.243 e. The van der Waals surface area contributed by atoms with E-state index in [4.69, 9.17) is 16.3 Å². The van der Waals surface area contributed by atoms with Crippen LogP contribution in [0.15, 0.2) is 48.5 Å². The fourth-order valence-electron chi connectivity index (χ4n) is 4.07. The van der Waals surface area contributed by atoms with Gasteiger partial charge >= 0.3 is 0 Å². The number of anilines is 1. The summed E-state index contributed by atoms with van der Waals surface area (Å²) in [5.74, 6) is 0.0362. The van der Waals surface area contributed by atoms with Gasteiger partial charge in [-0.15, -0.1) is 0 Å². The summed E-state index contributed by atoms with van der Waals surface area (Å²) >= 11 is 6.03. The molecule has 10 heteroatoms. The van der Waals surface area contributed by atoms with Gasteiger partial charge in [-0.2, -0.15) is 0 Å². The van der Waals surface area contributed by atoms with E-state index in [1.54, 1.807) is 41.3 Å². The van der Waals surface area contributed by atoms with E-state index in [1.165, 1.54) is 4.31 Å². The van der Waals surface area contributed by atoms with Crippen LogP contribution in [-0.2, 0) is 26.2 Å². The third kappa shape index (κ3) is 9.20. The van der Waals surface area contributed by atoms with Gasteiger partial charge in [0, 0.05) is 30.6 Å². The molecule has 0 saturated heterocycles. The zero-order chi connectivity index (χ0) is 28.3. The number of carbonyl (C=O) groups excluding carboxylic acids is 2. The lowest BCUT2D eigenvalue weighted by atomic mass is 10.1. The minimum absolute atomic E-state index is 0.0160. The van der Waals surface area contributed by atoms with Crippen molar-refractivity contribution >= 4 is 39.1 Å². The van der Waals surface area contributed by atoms with Gasteiger partial charge in [-0.1, -0.05) is 49.7 Å². The molecule has 0 aliphatic heterocycles. The number of rotatable bonds is 15. The maximum atomic E-state index is 13.5. The Labute approximate surface area is 232 Å². The van der Waals surface area contributed by atoms with Crippen molar-refractivity contribution in [2.24, 2.45) is 0 Å². The van der Waals surface area contributed by atoms with Crippen LogP contribution in [0.4, 0.5) is 5.69 Å². The van der Waals surface area contributed by atoms with E-state index in [1.807, 2.05) is 39.8 Å². The lowest BCUT2D eigenvalue weighted by Crippen LogP contribution is -2.50. The second-order valence-corrected chi connectivity index (χ2v) is 11.6. The first kappa shape index (κ1) is 31.4. The summed E-state index contributed by atoms with van der Waals surface area (Å²) in [6.45, 7) is 8.35. The molecule has 1 N–H and O–H groups in total. The summed E-state index contributed by atoms with van der Waals surface area (Å²) in [7, 11) is -3.63. The van der Waals surface area contributed by atoms with Gasteiger partial charge in [0.05, 0.1) is 18.6 Å². The van der Waals surface area contributed by atoms with Crippen molar-refractivity contribution in [3.8, 4) is 5.75 Å². The second-order valence-electron chi connectivity index (χ2n) is 9.23. The number of benzene rings is 2. The first-order valence-corrected chi connectivity index (χ1v) is 15.3. The van der Waals surface area contributed by atoms with Gasteiger partial charge in [-0.25, -0.2) is 8.42 Å². The van der Waals surface area contributed by atoms with Crippen LogP contribution in [0.5, 0.6) is 5.75 Å². The molecule has 0 fully saturated rings. The van der Waals surface area contributed by atoms with E-state index in [-0.39, 0.29) is 43.8 Å². The molecule has 0 spiro atoms. The van der Waals surface area contributed by atoms with Crippen LogP contribution in [0.3, 0.4) is 0 Å². The molecule has 2 aromatic carbocycles. The third-order valence-corrected chi connectivity index (χ3v) is 7.67. The van der Waals surface area contributed by atoms with E-state index in [0.29, 0.717) is 29.5 Å². The Bertz CT molecular complexity index is 1160. The van der Waals surface area contributed by atoms with Crippen LogP contribution in [0, 0.1) is 0 Å². The smallest absolute Gasteiger partial charge is 0.243 e. The van der Waals surface area contributed by atoms with Crippen LogP contribution in [-0.4, -0.2) is 56.6 Å². The molecular weight excluding hydrogens is 526 g/mol. The Kier molecular flexibility index (Phi) is 12.4. The SMILES string of the molecule is CCOc1ccccc1N(CCCC(=O)N(Cc1ccc(Cl)cc1)[C@H](CC)C(=O)N[C@H](C)CC)S(C)(=O)=O. The molecule has 0 heterocycles. The Morgan fingerprint density at radius 1 is 1.03 bits per heavy atom. The fraction of sp³-hybridized carbons (Fsp3) is 0.500. The summed E-state index contributed by atoms with van der Waals surface area (Å²) in [6, 6.07) is 13.4. The van der Waals surface area contributed by atoms with E-state index in [9.17, 15) is 18.0 Å². The Morgan fingerprint density at radius 3 is 2.26 bits per heavy atom. The van der Waals surface area contributed by atoms with E-state index in [2.05, 4.69) is 5.32 Å². The average Bonchev–Trinajstić information content (AvgIpc) is 2.87. The molecule has 8 nitrogen and oxygen atoms in total. The number of halogens is 1. The van der Waals surface area contributed by atoms with Crippen LogP contribution in [0.1, 0.15) is 58.9 Å². The summed E-state index contributed by atoms with van der Waals surface area (Å²) < 4.78 is 32.2. The monoisotopic (exact) mass is 565 g/mol. The molecule has 0 saturated carbocycles. The van der Waals surface area contributed by atoms with Crippen LogP contribution in [0.2, 0.25) is 5.02 Å². The molecular formula is C28H40ClN3O5S. The van der Waals surface area contributed by atoms with Gasteiger partial charge < -0.3 is 15.0 Å². The summed E-state index contributed by atoms with van der Waals surface area (Å²) in [5, 5.41) is 3.57. The zero-order valence-corrected chi connectivity index (χ0v) is 24.5. The van der Waals surface area contributed by atoms with Crippen LogP contribution in [0.25, 0.3) is 0 Å². The molecule has 2 amide bonds. The number of ether oxygens (including phenoxy) is 1. The molecule has 38 heavy (non-hydrogen) atoms.